The lowest BCUT2D eigenvalue weighted by molar-refractivity contribution is 0.152. The second-order valence-electron chi connectivity index (χ2n) is 4.96. The molecular formula is C14H28N2O2. The molecule has 1 saturated heterocycles. The summed E-state index contributed by atoms with van der Waals surface area (Å²) in [5.41, 5.74) is 0. The van der Waals surface area contributed by atoms with Crippen molar-refractivity contribution in [2.45, 2.75) is 51.9 Å². The molecule has 0 aromatic heterocycles. The average molecular weight is 256 g/mol. The summed E-state index contributed by atoms with van der Waals surface area (Å²) < 4.78 is 4.79. The molecule has 0 radical (unpaired) electrons. The van der Waals surface area contributed by atoms with Gasteiger partial charge in [-0.2, -0.15) is 0 Å². The van der Waals surface area contributed by atoms with Crippen molar-refractivity contribution in [2.75, 3.05) is 32.8 Å². The fraction of sp³-hybridized carbons (Fsp3) is 0.929. The maximum Gasteiger partial charge on any atom is 0.407 e. The Labute approximate surface area is 111 Å². The second-order valence-corrected chi connectivity index (χ2v) is 4.96. The molecule has 0 unspecified atom stereocenters. The largest absolute Gasteiger partial charge is 0.450 e. The number of rotatable bonds is 8. The Morgan fingerprint density at radius 3 is 2.56 bits per heavy atom. The van der Waals surface area contributed by atoms with E-state index in [-0.39, 0.29) is 6.09 Å². The normalized spacial score (nSPS) is 16.5. The topological polar surface area (TPSA) is 41.6 Å². The zero-order valence-corrected chi connectivity index (χ0v) is 11.7. The Balaban J connectivity index is 1.82. The first-order valence-corrected chi connectivity index (χ1v) is 7.46. The highest BCUT2D eigenvalue weighted by Gasteiger charge is 2.08. The van der Waals surface area contributed by atoms with Gasteiger partial charge in [-0.05, 0) is 52.2 Å². The Morgan fingerprint density at radius 2 is 1.83 bits per heavy atom. The van der Waals surface area contributed by atoms with Crippen molar-refractivity contribution in [1.82, 2.24) is 10.2 Å². The van der Waals surface area contributed by atoms with Gasteiger partial charge >= 0.3 is 6.09 Å². The molecule has 0 bridgehead atoms. The first-order valence-electron chi connectivity index (χ1n) is 7.46. The quantitative estimate of drug-likeness (QED) is 0.679. The fourth-order valence-electron chi connectivity index (χ4n) is 2.37. The van der Waals surface area contributed by atoms with Gasteiger partial charge in [0.05, 0.1) is 6.61 Å². The van der Waals surface area contributed by atoms with Crippen molar-refractivity contribution in [1.29, 1.82) is 0 Å². The summed E-state index contributed by atoms with van der Waals surface area (Å²) in [6.07, 6.45) is 8.69. The molecule has 0 aromatic rings. The van der Waals surface area contributed by atoms with E-state index in [0.717, 1.165) is 13.0 Å². The number of nitrogens with one attached hydrogen (secondary N) is 1. The number of piperidine rings is 1. The molecule has 0 aromatic carbocycles. The summed E-state index contributed by atoms with van der Waals surface area (Å²) in [5, 5.41) is 2.75. The molecule has 0 atom stereocenters. The molecule has 18 heavy (non-hydrogen) atoms. The average Bonchev–Trinajstić information content (AvgIpc) is 2.39. The molecule has 0 aliphatic carbocycles. The van der Waals surface area contributed by atoms with Crippen LogP contribution in [0, 0.1) is 0 Å². The lowest BCUT2D eigenvalue weighted by atomic mass is 10.1. The van der Waals surface area contributed by atoms with Gasteiger partial charge in [0.1, 0.15) is 0 Å². The molecule has 0 spiro atoms. The standard InChI is InChI=1S/C14H28N2O2/c1-2-18-14(17)15-10-6-3-4-7-11-16-12-8-5-9-13-16/h2-13H2,1H3,(H,15,17). The van der Waals surface area contributed by atoms with E-state index < -0.39 is 0 Å². The Morgan fingerprint density at radius 1 is 1.11 bits per heavy atom. The minimum atomic E-state index is -0.286. The maximum atomic E-state index is 11.0. The molecule has 106 valence electrons. The SMILES string of the molecule is CCOC(=O)NCCCCCCN1CCCCC1. The van der Waals surface area contributed by atoms with Crippen molar-refractivity contribution >= 4 is 6.09 Å². The highest BCUT2D eigenvalue weighted by atomic mass is 16.5. The van der Waals surface area contributed by atoms with Gasteiger partial charge in [0.15, 0.2) is 0 Å². The van der Waals surface area contributed by atoms with E-state index in [2.05, 4.69) is 10.2 Å². The molecule has 1 fully saturated rings. The van der Waals surface area contributed by atoms with Crippen molar-refractivity contribution < 1.29 is 9.53 Å². The molecule has 4 nitrogen and oxygen atoms in total. The number of ether oxygens (including phenoxy) is 1. The Kier molecular flexibility index (Phi) is 8.65. The highest BCUT2D eigenvalue weighted by Crippen LogP contribution is 2.10. The van der Waals surface area contributed by atoms with Crippen LogP contribution in [0.1, 0.15) is 51.9 Å². The van der Waals surface area contributed by atoms with E-state index in [9.17, 15) is 4.79 Å². The van der Waals surface area contributed by atoms with Crippen LogP contribution in [0.4, 0.5) is 4.79 Å². The van der Waals surface area contributed by atoms with Crippen LogP contribution in [-0.2, 0) is 4.74 Å². The zero-order valence-electron chi connectivity index (χ0n) is 11.7. The summed E-state index contributed by atoms with van der Waals surface area (Å²) in [4.78, 5) is 13.6. The van der Waals surface area contributed by atoms with E-state index in [4.69, 9.17) is 4.74 Å². The number of alkyl carbamates (subject to hydrolysis) is 1. The number of carbonyl (C=O) groups excluding carboxylic acids is 1. The van der Waals surface area contributed by atoms with E-state index in [1.54, 1.807) is 0 Å². The summed E-state index contributed by atoms with van der Waals surface area (Å²) in [6, 6.07) is 0. The number of hydrogen-bond donors (Lipinski definition) is 1. The second kappa shape index (κ2) is 10.2. The van der Waals surface area contributed by atoms with Crippen LogP contribution >= 0.6 is 0 Å². The van der Waals surface area contributed by atoms with Crippen molar-refractivity contribution in [2.24, 2.45) is 0 Å². The summed E-state index contributed by atoms with van der Waals surface area (Å²) in [5.74, 6) is 0. The molecular weight excluding hydrogens is 228 g/mol. The zero-order chi connectivity index (χ0) is 13.1. The van der Waals surface area contributed by atoms with Gasteiger partial charge in [-0.1, -0.05) is 19.3 Å². The van der Waals surface area contributed by atoms with E-state index in [0.29, 0.717) is 6.61 Å². The Hall–Kier alpha value is -0.770. The third kappa shape index (κ3) is 7.54. The molecule has 1 N–H and O–H groups in total. The van der Waals surface area contributed by atoms with Crippen molar-refractivity contribution in [3.63, 3.8) is 0 Å². The van der Waals surface area contributed by atoms with Crippen LogP contribution in [0.5, 0.6) is 0 Å². The molecule has 0 saturated carbocycles. The third-order valence-corrected chi connectivity index (χ3v) is 3.39. The van der Waals surface area contributed by atoms with Crippen LogP contribution in [0.15, 0.2) is 0 Å². The summed E-state index contributed by atoms with van der Waals surface area (Å²) in [7, 11) is 0. The minimum absolute atomic E-state index is 0.286. The van der Waals surface area contributed by atoms with E-state index >= 15 is 0 Å². The number of hydrogen-bond acceptors (Lipinski definition) is 3. The smallest absolute Gasteiger partial charge is 0.407 e. The summed E-state index contributed by atoms with van der Waals surface area (Å²) in [6.45, 7) is 6.85. The van der Waals surface area contributed by atoms with Crippen LogP contribution in [0.2, 0.25) is 0 Å². The number of unbranched alkanes of at least 4 members (excludes halogenated alkanes) is 3. The van der Waals surface area contributed by atoms with Crippen molar-refractivity contribution in [3.05, 3.63) is 0 Å². The minimum Gasteiger partial charge on any atom is -0.450 e. The lowest BCUT2D eigenvalue weighted by Crippen LogP contribution is -2.30. The fourth-order valence-corrected chi connectivity index (χ4v) is 2.37. The number of amides is 1. The van der Waals surface area contributed by atoms with Crippen LogP contribution in [-0.4, -0.2) is 43.8 Å². The van der Waals surface area contributed by atoms with Gasteiger partial charge in [-0.3, -0.25) is 0 Å². The van der Waals surface area contributed by atoms with Gasteiger partial charge < -0.3 is 15.0 Å². The van der Waals surface area contributed by atoms with Gasteiger partial charge in [0.25, 0.3) is 0 Å². The van der Waals surface area contributed by atoms with Crippen LogP contribution in [0.3, 0.4) is 0 Å². The molecule has 1 aliphatic heterocycles. The van der Waals surface area contributed by atoms with Gasteiger partial charge in [-0.15, -0.1) is 0 Å². The number of likely N-dealkylation sites (tertiary alicyclic amines) is 1. The van der Waals surface area contributed by atoms with Gasteiger partial charge in [0, 0.05) is 6.54 Å². The first kappa shape index (κ1) is 15.3. The summed E-state index contributed by atoms with van der Waals surface area (Å²) >= 11 is 0. The maximum absolute atomic E-state index is 11.0. The first-order chi connectivity index (χ1) is 8.83. The Bertz CT molecular complexity index is 216. The monoisotopic (exact) mass is 256 g/mol. The molecule has 4 heteroatoms. The van der Waals surface area contributed by atoms with E-state index in [1.165, 1.54) is 58.2 Å². The van der Waals surface area contributed by atoms with Crippen LogP contribution in [0.25, 0.3) is 0 Å². The third-order valence-electron chi connectivity index (χ3n) is 3.39. The van der Waals surface area contributed by atoms with E-state index in [1.807, 2.05) is 6.92 Å². The molecule has 1 aliphatic rings. The molecule has 1 amide bonds. The highest BCUT2D eigenvalue weighted by molar-refractivity contribution is 5.66. The molecule has 1 heterocycles. The van der Waals surface area contributed by atoms with Crippen LogP contribution < -0.4 is 5.32 Å². The predicted molar refractivity (Wildman–Crippen MR) is 73.8 cm³/mol. The van der Waals surface area contributed by atoms with Crippen molar-refractivity contribution in [3.8, 4) is 0 Å². The number of carbonyl (C=O) groups is 1. The number of nitrogens with zero attached hydrogens (tertiary/aromatic N) is 1. The molecule has 1 rings (SSSR count). The van der Waals surface area contributed by atoms with Gasteiger partial charge in [-0.25, -0.2) is 4.79 Å². The lowest BCUT2D eigenvalue weighted by Gasteiger charge is -2.26. The van der Waals surface area contributed by atoms with Gasteiger partial charge in [0.2, 0.25) is 0 Å². The predicted octanol–water partition coefficient (Wildman–Crippen LogP) is 2.78.